The number of likely N-dealkylation sites (tertiary alicyclic amines) is 1. The van der Waals surface area contributed by atoms with E-state index in [-0.39, 0.29) is 18.0 Å². The number of piperidine rings is 1. The van der Waals surface area contributed by atoms with Crippen LogP contribution in [0.5, 0.6) is 0 Å². The highest BCUT2D eigenvalue weighted by atomic mass is 16.6. The van der Waals surface area contributed by atoms with Crippen LogP contribution >= 0.6 is 0 Å². The number of amides is 1. The van der Waals surface area contributed by atoms with Gasteiger partial charge in [0.25, 0.3) is 5.91 Å². The number of nitrogens with zero attached hydrogens (tertiary/aromatic N) is 3. The Bertz CT molecular complexity index is 1050. The third kappa shape index (κ3) is 3.28. The summed E-state index contributed by atoms with van der Waals surface area (Å²) < 4.78 is 7.61. The van der Waals surface area contributed by atoms with Crippen LogP contribution in [0.4, 0.5) is 0 Å². The predicted molar refractivity (Wildman–Crippen MR) is 108 cm³/mol. The Kier molecular flexibility index (Phi) is 4.34. The second-order valence-corrected chi connectivity index (χ2v) is 8.13. The molecule has 0 radical (unpaired) electrons. The maximum absolute atomic E-state index is 13.0. The van der Waals surface area contributed by atoms with Crippen LogP contribution in [0.3, 0.4) is 0 Å². The van der Waals surface area contributed by atoms with Crippen LogP contribution in [0.15, 0.2) is 61.2 Å². The molecule has 6 heteroatoms. The summed E-state index contributed by atoms with van der Waals surface area (Å²) in [6, 6.07) is 13.9. The van der Waals surface area contributed by atoms with Gasteiger partial charge in [0.15, 0.2) is 0 Å². The first kappa shape index (κ1) is 17.9. The summed E-state index contributed by atoms with van der Waals surface area (Å²) in [4.78, 5) is 31.5. The van der Waals surface area contributed by atoms with Gasteiger partial charge in [0.1, 0.15) is 6.10 Å². The molecule has 2 aromatic carbocycles. The zero-order valence-electron chi connectivity index (χ0n) is 16.2. The van der Waals surface area contributed by atoms with Gasteiger partial charge in [-0.05, 0) is 35.7 Å². The number of rotatable bonds is 3. The topological polar surface area (TPSA) is 64.4 Å². The minimum atomic E-state index is -0.453. The first-order valence-corrected chi connectivity index (χ1v) is 10.1. The van der Waals surface area contributed by atoms with E-state index in [1.165, 1.54) is 0 Å². The number of carbonyl (C=O) groups excluding carboxylic acids is 2. The Labute approximate surface area is 169 Å². The molecule has 29 heavy (non-hydrogen) atoms. The Morgan fingerprint density at radius 3 is 2.69 bits per heavy atom. The van der Waals surface area contributed by atoms with Crippen molar-refractivity contribution in [2.45, 2.75) is 31.9 Å². The largest absolute Gasteiger partial charge is 0.460 e. The van der Waals surface area contributed by atoms with E-state index in [0.29, 0.717) is 44.5 Å². The molecule has 0 bridgehead atoms. The molecule has 1 aromatic heterocycles. The monoisotopic (exact) mass is 389 g/mol. The third-order valence-electron chi connectivity index (χ3n) is 6.30. The SMILES string of the molecule is O=C(c1ccc2ccccc2c1)N1CCC2(CC1)CC(Cn1ccnc1)OC2=O. The summed E-state index contributed by atoms with van der Waals surface area (Å²) in [6.07, 6.45) is 7.25. The molecule has 1 spiro atoms. The highest BCUT2D eigenvalue weighted by Gasteiger charge is 2.50. The number of hydrogen-bond donors (Lipinski definition) is 0. The fraction of sp³-hybridized carbons (Fsp3) is 0.348. The van der Waals surface area contributed by atoms with Crippen LogP contribution in [0, 0.1) is 5.41 Å². The summed E-state index contributed by atoms with van der Waals surface area (Å²) in [7, 11) is 0. The molecule has 2 saturated heterocycles. The lowest BCUT2D eigenvalue weighted by Crippen LogP contribution is -2.45. The van der Waals surface area contributed by atoms with Crippen LogP contribution in [0.25, 0.3) is 10.8 Å². The normalized spacial score (nSPS) is 20.9. The van der Waals surface area contributed by atoms with Gasteiger partial charge in [-0.3, -0.25) is 9.59 Å². The summed E-state index contributed by atoms with van der Waals surface area (Å²) >= 11 is 0. The van der Waals surface area contributed by atoms with Crippen molar-refractivity contribution in [3.8, 4) is 0 Å². The van der Waals surface area contributed by atoms with E-state index in [0.717, 1.165) is 10.8 Å². The number of fused-ring (bicyclic) bond motifs is 1. The van der Waals surface area contributed by atoms with Gasteiger partial charge in [-0.2, -0.15) is 0 Å². The number of carbonyl (C=O) groups is 2. The number of imidazole rings is 1. The molecule has 1 unspecified atom stereocenters. The molecular formula is C23H23N3O3. The molecule has 5 rings (SSSR count). The van der Waals surface area contributed by atoms with Crippen molar-refractivity contribution >= 4 is 22.6 Å². The van der Waals surface area contributed by atoms with E-state index in [2.05, 4.69) is 4.98 Å². The zero-order valence-corrected chi connectivity index (χ0v) is 16.2. The van der Waals surface area contributed by atoms with Gasteiger partial charge in [0.2, 0.25) is 0 Å². The maximum atomic E-state index is 13.0. The fourth-order valence-corrected chi connectivity index (χ4v) is 4.62. The molecule has 2 fully saturated rings. The fourth-order valence-electron chi connectivity index (χ4n) is 4.62. The number of ether oxygens (including phenoxy) is 1. The number of esters is 1. The summed E-state index contributed by atoms with van der Waals surface area (Å²) in [6.45, 7) is 1.80. The first-order chi connectivity index (χ1) is 14.1. The van der Waals surface area contributed by atoms with Gasteiger partial charge in [-0.1, -0.05) is 30.3 Å². The second-order valence-electron chi connectivity index (χ2n) is 8.13. The number of benzene rings is 2. The molecule has 0 saturated carbocycles. The Hall–Kier alpha value is -3.15. The van der Waals surface area contributed by atoms with Crippen molar-refractivity contribution in [2.24, 2.45) is 5.41 Å². The van der Waals surface area contributed by atoms with Crippen molar-refractivity contribution in [3.63, 3.8) is 0 Å². The molecule has 3 aromatic rings. The number of hydrogen-bond acceptors (Lipinski definition) is 4. The molecular weight excluding hydrogens is 366 g/mol. The molecule has 0 aliphatic carbocycles. The Morgan fingerprint density at radius 2 is 1.93 bits per heavy atom. The van der Waals surface area contributed by atoms with Gasteiger partial charge in [0.05, 0.1) is 18.3 Å². The minimum Gasteiger partial charge on any atom is -0.460 e. The van der Waals surface area contributed by atoms with Gasteiger partial charge in [0, 0.05) is 37.5 Å². The lowest BCUT2D eigenvalue weighted by molar-refractivity contribution is -0.150. The van der Waals surface area contributed by atoms with Crippen LogP contribution < -0.4 is 0 Å². The quantitative estimate of drug-likeness (QED) is 0.645. The predicted octanol–water partition coefficient (Wildman–Crippen LogP) is 3.27. The van der Waals surface area contributed by atoms with Crippen molar-refractivity contribution in [3.05, 3.63) is 66.7 Å². The molecule has 2 aliphatic heterocycles. The Morgan fingerprint density at radius 1 is 1.14 bits per heavy atom. The van der Waals surface area contributed by atoms with Crippen molar-refractivity contribution in [2.75, 3.05) is 13.1 Å². The van der Waals surface area contributed by atoms with Crippen LogP contribution in [0.2, 0.25) is 0 Å². The first-order valence-electron chi connectivity index (χ1n) is 10.1. The summed E-state index contributed by atoms with van der Waals surface area (Å²) in [5.41, 5.74) is 0.248. The van der Waals surface area contributed by atoms with Crippen molar-refractivity contribution in [1.29, 1.82) is 0 Å². The number of cyclic esters (lactones) is 1. The summed E-state index contributed by atoms with van der Waals surface area (Å²) in [5, 5.41) is 2.19. The maximum Gasteiger partial charge on any atom is 0.312 e. The molecule has 6 nitrogen and oxygen atoms in total. The average molecular weight is 389 g/mol. The van der Waals surface area contributed by atoms with E-state index in [1.807, 2.05) is 58.1 Å². The molecule has 2 aliphatic rings. The summed E-state index contributed by atoms with van der Waals surface area (Å²) in [5.74, 6) is -0.0765. The third-order valence-corrected chi connectivity index (χ3v) is 6.30. The molecule has 3 heterocycles. The average Bonchev–Trinajstić information content (AvgIpc) is 3.36. The van der Waals surface area contributed by atoms with Crippen molar-refractivity contribution in [1.82, 2.24) is 14.5 Å². The van der Waals surface area contributed by atoms with Crippen LogP contribution in [-0.2, 0) is 16.1 Å². The smallest absolute Gasteiger partial charge is 0.312 e. The highest BCUT2D eigenvalue weighted by Crippen LogP contribution is 2.43. The molecule has 1 amide bonds. The minimum absolute atomic E-state index is 0.0342. The molecule has 1 atom stereocenters. The van der Waals surface area contributed by atoms with Gasteiger partial charge in [-0.25, -0.2) is 4.98 Å². The zero-order chi connectivity index (χ0) is 19.8. The van der Waals surface area contributed by atoms with E-state index in [1.54, 1.807) is 12.5 Å². The number of aromatic nitrogens is 2. The van der Waals surface area contributed by atoms with Gasteiger partial charge < -0.3 is 14.2 Å². The second kappa shape index (κ2) is 7.03. The lowest BCUT2D eigenvalue weighted by Gasteiger charge is -2.36. The highest BCUT2D eigenvalue weighted by molar-refractivity contribution is 5.98. The Balaban J connectivity index is 1.25. The van der Waals surface area contributed by atoms with Crippen LogP contribution in [-0.4, -0.2) is 45.5 Å². The van der Waals surface area contributed by atoms with E-state index < -0.39 is 5.41 Å². The van der Waals surface area contributed by atoms with E-state index in [4.69, 9.17) is 4.74 Å². The molecule has 148 valence electrons. The van der Waals surface area contributed by atoms with Gasteiger partial charge in [-0.15, -0.1) is 0 Å². The van der Waals surface area contributed by atoms with Crippen LogP contribution in [0.1, 0.15) is 29.6 Å². The lowest BCUT2D eigenvalue weighted by atomic mass is 9.76. The molecule has 0 N–H and O–H groups in total. The van der Waals surface area contributed by atoms with Gasteiger partial charge >= 0.3 is 5.97 Å². The van der Waals surface area contributed by atoms with E-state index >= 15 is 0 Å². The van der Waals surface area contributed by atoms with Crippen molar-refractivity contribution < 1.29 is 14.3 Å². The van der Waals surface area contributed by atoms with E-state index in [9.17, 15) is 9.59 Å². The standard InChI is InChI=1S/C23H23N3O3/c27-21(19-6-5-17-3-1-2-4-18(17)13-19)26-10-7-23(8-11-26)14-20(29-22(23)28)15-25-12-9-24-16-25/h1-6,9,12-13,16,20H,7-8,10-11,14-15H2.